The number of halogens is 2. The number of aliphatic hydroxyl groups excluding tert-OH is 1. The summed E-state index contributed by atoms with van der Waals surface area (Å²) in [7, 11) is 0. The molecule has 2 aromatic rings. The van der Waals surface area contributed by atoms with E-state index >= 15 is 0 Å². The van der Waals surface area contributed by atoms with Crippen LogP contribution in [0.1, 0.15) is 22.8 Å². The second-order valence-corrected chi connectivity index (χ2v) is 4.62. The highest BCUT2D eigenvalue weighted by molar-refractivity contribution is 9.10. The molecule has 17 heavy (non-hydrogen) atoms. The Balaban J connectivity index is 2.51. The fraction of sp³-hybridized carbons (Fsp3) is 0.154. The van der Waals surface area contributed by atoms with Crippen molar-refractivity contribution in [2.45, 2.75) is 13.0 Å². The lowest BCUT2D eigenvalue weighted by atomic mass is 9.99. The molecule has 1 aromatic heterocycles. The van der Waals surface area contributed by atoms with Crippen molar-refractivity contribution in [3.05, 3.63) is 63.6 Å². The van der Waals surface area contributed by atoms with Crippen molar-refractivity contribution in [2.24, 2.45) is 0 Å². The molecule has 2 rings (SSSR count). The lowest BCUT2D eigenvalue weighted by Gasteiger charge is -2.15. The van der Waals surface area contributed by atoms with Crippen molar-refractivity contribution in [3.8, 4) is 0 Å². The van der Waals surface area contributed by atoms with Gasteiger partial charge in [0.15, 0.2) is 0 Å². The maximum atomic E-state index is 13.7. The van der Waals surface area contributed by atoms with Crippen molar-refractivity contribution in [1.82, 2.24) is 4.98 Å². The van der Waals surface area contributed by atoms with E-state index in [2.05, 4.69) is 20.9 Å². The summed E-state index contributed by atoms with van der Waals surface area (Å²) in [6.45, 7) is 1.86. The van der Waals surface area contributed by atoms with Crippen molar-refractivity contribution in [2.75, 3.05) is 0 Å². The number of aromatic nitrogens is 1. The van der Waals surface area contributed by atoms with Crippen LogP contribution in [0.15, 0.2) is 41.1 Å². The van der Waals surface area contributed by atoms with Crippen LogP contribution >= 0.6 is 15.9 Å². The molecule has 1 atom stereocenters. The Labute approximate surface area is 107 Å². The number of aryl methyl sites for hydroxylation is 1. The van der Waals surface area contributed by atoms with E-state index in [1.807, 2.05) is 6.92 Å². The Morgan fingerprint density at radius 1 is 1.35 bits per heavy atom. The summed E-state index contributed by atoms with van der Waals surface area (Å²) in [6.07, 6.45) is 2.18. The maximum absolute atomic E-state index is 13.7. The zero-order valence-electron chi connectivity index (χ0n) is 9.19. The largest absolute Gasteiger partial charge is 0.383 e. The smallest absolute Gasteiger partial charge is 0.130 e. The Morgan fingerprint density at radius 2 is 2.12 bits per heavy atom. The molecule has 0 saturated heterocycles. The highest BCUT2D eigenvalue weighted by Gasteiger charge is 2.19. The number of rotatable bonds is 2. The van der Waals surface area contributed by atoms with Crippen LogP contribution < -0.4 is 0 Å². The molecule has 4 heteroatoms. The van der Waals surface area contributed by atoms with Crippen molar-refractivity contribution in [1.29, 1.82) is 0 Å². The third-order valence-corrected chi connectivity index (χ3v) is 3.34. The predicted octanol–water partition coefficient (Wildman–Crippen LogP) is 3.37. The minimum atomic E-state index is -1.01. The Hall–Kier alpha value is -1.26. The molecule has 0 fully saturated rings. The lowest BCUT2D eigenvalue weighted by Crippen LogP contribution is -2.06. The molecule has 0 radical (unpaired) electrons. The standard InChI is InChI=1S/C13H11BrFNO/c1-8-5-6-16-7-9(8)13(17)12-10(14)3-2-4-11(12)15/h2-7,13,17H,1H3. The maximum Gasteiger partial charge on any atom is 0.130 e. The first-order chi connectivity index (χ1) is 8.11. The quantitative estimate of drug-likeness (QED) is 0.921. The van der Waals surface area contributed by atoms with Crippen LogP contribution in [-0.4, -0.2) is 10.1 Å². The Kier molecular flexibility index (Phi) is 3.54. The van der Waals surface area contributed by atoms with E-state index in [-0.39, 0.29) is 5.56 Å². The summed E-state index contributed by atoms with van der Waals surface area (Å²) in [5, 5.41) is 10.2. The van der Waals surface area contributed by atoms with Gasteiger partial charge < -0.3 is 5.11 Å². The Bertz CT molecular complexity index is 524. The monoisotopic (exact) mass is 295 g/mol. The van der Waals surface area contributed by atoms with Gasteiger partial charge in [-0.3, -0.25) is 4.98 Å². The average molecular weight is 296 g/mol. The van der Waals surface area contributed by atoms with Crippen LogP contribution in [0.3, 0.4) is 0 Å². The van der Waals surface area contributed by atoms with Crippen LogP contribution in [-0.2, 0) is 0 Å². The van der Waals surface area contributed by atoms with Crippen molar-refractivity contribution < 1.29 is 9.50 Å². The van der Waals surface area contributed by atoms with Crippen LogP contribution in [0.25, 0.3) is 0 Å². The van der Waals surface area contributed by atoms with Gasteiger partial charge in [0.25, 0.3) is 0 Å². The predicted molar refractivity (Wildman–Crippen MR) is 67.1 cm³/mol. The van der Waals surface area contributed by atoms with E-state index in [4.69, 9.17) is 0 Å². The highest BCUT2D eigenvalue weighted by Crippen LogP contribution is 2.31. The van der Waals surface area contributed by atoms with Crippen LogP contribution in [0, 0.1) is 12.7 Å². The summed E-state index contributed by atoms with van der Waals surface area (Å²) < 4.78 is 14.3. The van der Waals surface area contributed by atoms with Gasteiger partial charge in [-0.25, -0.2) is 4.39 Å². The van der Waals surface area contributed by atoms with Crippen molar-refractivity contribution >= 4 is 15.9 Å². The SMILES string of the molecule is Cc1ccncc1C(O)c1c(F)cccc1Br. The highest BCUT2D eigenvalue weighted by atomic mass is 79.9. The van der Waals surface area contributed by atoms with E-state index in [0.29, 0.717) is 10.0 Å². The molecule has 1 N–H and O–H groups in total. The number of aliphatic hydroxyl groups is 1. The number of nitrogens with zero attached hydrogens (tertiary/aromatic N) is 1. The molecule has 2 nitrogen and oxygen atoms in total. The summed E-state index contributed by atoms with van der Waals surface area (Å²) in [5.74, 6) is -0.435. The van der Waals surface area contributed by atoms with Gasteiger partial charge in [0.05, 0.1) is 0 Å². The minimum Gasteiger partial charge on any atom is -0.383 e. The van der Waals surface area contributed by atoms with Gasteiger partial charge in [-0.2, -0.15) is 0 Å². The second-order valence-electron chi connectivity index (χ2n) is 3.77. The van der Waals surface area contributed by atoms with Gasteiger partial charge in [0.1, 0.15) is 11.9 Å². The first-order valence-corrected chi connectivity index (χ1v) is 5.93. The average Bonchev–Trinajstić information content (AvgIpc) is 2.29. The number of benzene rings is 1. The van der Waals surface area contributed by atoms with E-state index in [1.54, 1.807) is 30.6 Å². The molecule has 0 saturated carbocycles. The zero-order chi connectivity index (χ0) is 12.4. The molecule has 88 valence electrons. The first kappa shape index (κ1) is 12.2. The Morgan fingerprint density at radius 3 is 2.76 bits per heavy atom. The van der Waals surface area contributed by atoms with Crippen LogP contribution in [0.4, 0.5) is 4.39 Å². The molecule has 1 aromatic carbocycles. The second kappa shape index (κ2) is 4.94. The third-order valence-electron chi connectivity index (χ3n) is 2.65. The molecular formula is C13H11BrFNO. The molecule has 0 amide bonds. The van der Waals surface area contributed by atoms with Gasteiger partial charge in [0.2, 0.25) is 0 Å². The molecule has 0 aliphatic heterocycles. The fourth-order valence-corrected chi connectivity index (χ4v) is 2.25. The molecular weight excluding hydrogens is 285 g/mol. The topological polar surface area (TPSA) is 33.1 Å². The molecule has 1 unspecified atom stereocenters. The number of pyridine rings is 1. The summed E-state index contributed by atoms with van der Waals surface area (Å²) >= 11 is 3.25. The van der Waals surface area contributed by atoms with Crippen LogP contribution in [0.5, 0.6) is 0 Å². The normalized spacial score (nSPS) is 12.5. The molecule has 0 bridgehead atoms. The van der Waals surface area contributed by atoms with E-state index in [1.165, 1.54) is 6.07 Å². The number of hydrogen-bond donors (Lipinski definition) is 1. The van der Waals surface area contributed by atoms with Gasteiger partial charge in [-0.05, 0) is 30.7 Å². The molecule has 1 heterocycles. The summed E-state index contributed by atoms with van der Waals surface area (Å²) in [6, 6.07) is 6.40. The minimum absolute atomic E-state index is 0.239. The van der Waals surface area contributed by atoms with Gasteiger partial charge >= 0.3 is 0 Å². The summed E-state index contributed by atoms with van der Waals surface area (Å²) in [5.41, 5.74) is 1.73. The number of hydrogen-bond acceptors (Lipinski definition) is 2. The molecule has 0 aliphatic rings. The van der Waals surface area contributed by atoms with Gasteiger partial charge in [0, 0.05) is 28.0 Å². The third kappa shape index (κ3) is 2.37. The van der Waals surface area contributed by atoms with E-state index in [0.717, 1.165) is 5.56 Å². The zero-order valence-corrected chi connectivity index (χ0v) is 10.8. The van der Waals surface area contributed by atoms with E-state index < -0.39 is 11.9 Å². The van der Waals surface area contributed by atoms with Crippen LogP contribution in [0.2, 0.25) is 0 Å². The molecule has 0 aliphatic carbocycles. The van der Waals surface area contributed by atoms with Gasteiger partial charge in [-0.15, -0.1) is 0 Å². The summed E-state index contributed by atoms with van der Waals surface area (Å²) in [4.78, 5) is 3.95. The fourth-order valence-electron chi connectivity index (χ4n) is 1.69. The lowest BCUT2D eigenvalue weighted by molar-refractivity contribution is 0.213. The first-order valence-electron chi connectivity index (χ1n) is 5.13. The van der Waals surface area contributed by atoms with Gasteiger partial charge in [-0.1, -0.05) is 22.0 Å². The molecule has 0 spiro atoms. The van der Waals surface area contributed by atoms with Crippen molar-refractivity contribution in [3.63, 3.8) is 0 Å². The van der Waals surface area contributed by atoms with E-state index in [9.17, 15) is 9.50 Å².